The predicted molar refractivity (Wildman–Crippen MR) is 112 cm³/mol. The van der Waals surface area contributed by atoms with Crippen molar-refractivity contribution in [1.29, 1.82) is 0 Å². The first kappa shape index (κ1) is 18.9. The lowest BCUT2D eigenvalue weighted by molar-refractivity contribution is -0.114. The Morgan fingerprint density at radius 1 is 0.962 bits per heavy atom. The second-order valence-corrected chi connectivity index (χ2v) is 11.3. The lowest BCUT2D eigenvalue weighted by Gasteiger charge is -2.61. The molecule has 0 aromatic rings. The zero-order valence-corrected chi connectivity index (χ0v) is 17.7. The molecule has 1 heteroatoms. The highest BCUT2D eigenvalue weighted by molar-refractivity contribution is 5.09. The predicted octanol–water partition coefficient (Wildman–Crippen LogP) is 6.92. The molecule has 26 heavy (non-hydrogen) atoms. The molecule has 4 rings (SSSR count). The van der Waals surface area contributed by atoms with Crippen LogP contribution in [0.5, 0.6) is 0 Å². The van der Waals surface area contributed by atoms with Crippen LogP contribution in [0.2, 0.25) is 0 Å². The van der Waals surface area contributed by atoms with Gasteiger partial charge in [-0.25, -0.2) is 0 Å². The molecule has 4 aliphatic rings. The number of fused-ring (bicyclic) bond motifs is 5. The maximum atomic E-state index is 5.87. The highest BCUT2D eigenvalue weighted by Crippen LogP contribution is 2.68. The molecule has 0 amide bonds. The number of rotatable bonds is 4. The first-order chi connectivity index (χ1) is 12.4. The van der Waals surface area contributed by atoms with E-state index in [9.17, 15) is 0 Å². The van der Waals surface area contributed by atoms with Crippen molar-refractivity contribution in [3.05, 3.63) is 12.3 Å². The summed E-state index contributed by atoms with van der Waals surface area (Å²) >= 11 is 0. The van der Waals surface area contributed by atoms with Crippen LogP contribution >= 0.6 is 0 Å². The van der Waals surface area contributed by atoms with Crippen LogP contribution in [0.4, 0.5) is 0 Å². The van der Waals surface area contributed by atoms with Gasteiger partial charge < -0.3 is 5.73 Å². The van der Waals surface area contributed by atoms with Crippen molar-refractivity contribution in [3.63, 3.8) is 0 Å². The van der Waals surface area contributed by atoms with E-state index in [1.165, 1.54) is 64.2 Å². The van der Waals surface area contributed by atoms with Crippen LogP contribution in [0.1, 0.15) is 97.8 Å². The smallest absolute Gasteiger partial charge is 0.000754 e. The van der Waals surface area contributed by atoms with Gasteiger partial charge in [-0.1, -0.05) is 40.2 Å². The third kappa shape index (κ3) is 2.87. The molecule has 8 unspecified atom stereocenters. The minimum atomic E-state index is 0.606. The van der Waals surface area contributed by atoms with Crippen molar-refractivity contribution in [1.82, 2.24) is 0 Å². The van der Waals surface area contributed by atoms with Gasteiger partial charge in [-0.3, -0.25) is 0 Å². The maximum absolute atomic E-state index is 5.87. The zero-order chi connectivity index (χ0) is 18.5. The minimum absolute atomic E-state index is 0.606. The van der Waals surface area contributed by atoms with Crippen LogP contribution in [0.15, 0.2) is 12.3 Å². The van der Waals surface area contributed by atoms with Crippen molar-refractivity contribution >= 4 is 0 Å². The Balaban J connectivity index is 1.52. The van der Waals surface area contributed by atoms with Gasteiger partial charge in [0, 0.05) is 5.70 Å². The van der Waals surface area contributed by atoms with Crippen LogP contribution in [-0.4, -0.2) is 0 Å². The van der Waals surface area contributed by atoms with Crippen molar-refractivity contribution in [3.8, 4) is 0 Å². The van der Waals surface area contributed by atoms with Gasteiger partial charge in [0.05, 0.1) is 0 Å². The molecule has 4 fully saturated rings. The summed E-state index contributed by atoms with van der Waals surface area (Å²) < 4.78 is 0. The van der Waals surface area contributed by atoms with Crippen molar-refractivity contribution in [2.75, 3.05) is 0 Å². The van der Waals surface area contributed by atoms with Crippen LogP contribution in [-0.2, 0) is 0 Å². The molecule has 0 aliphatic heterocycles. The fourth-order valence-electron chi connectivity index (χ4n) is 8.88. The van der Waals surface area contributed by atoms with E-state index in [1.807, 2.05) is 0 Å². The molecule has 0 saturated heterocycles. The molecule has 0 radical (unpaired) electrons. The largest absolute Gasteiger partial charge is 0.403 e. The molecule has 0 aromatic heterocycles. The molecule has 0 bridgehead atoms. The first-order valence-electron chi connectivity index (χ1n) is 11.8. The minimum Gasteiger partial charge on any atom is -0.403 e. The monoisotopic (exact) mass is 357 g/mol. The summed E-state index contributed by atoms with van der Waals surface area (Å²) in [5, 5.41) is 0. The molecule has 0 aromatic carbocycles. The molecule has 148 valence electrons. The second-order valence-electron chi connectivity index (χ2n) is 11.3. The molecule has 2 N–H and O–H groups in total. The van der Waals surface area contributed by atoms with Gasteiger partial charge in [0.25, 0.3) is 0 Å². The summed E-state index contributed by atoms with van der Waals surface area (Å²) in [7, 11) is 0. The second kappa shape index (κ2) is 6.85. The zero-order valence-electron chi connectivity index (χ0n) is 17.7. The third-order valence-electron chi connectivity index (χ3n) is 10.3. The fourth-order valence-corrected chi connectivity index (χ4v) is 8.88. The van der Waals surface area contributed by atoms with Gasteiger partial charge in [0.2, 0.25) is 0 Å². The normalized spacial score (nSPS) is 49.0. The Morgan fingerprint density at radius 2 is 1.73 bits per heavy atom. The van der Waals surface area contributed by atoms with Gasteiger partial charge in [-0.05, 0) is 111 Å². The van der Waals surface area contributed by atoms with E-state index in [1.54, 1.807) is 6.42 Å². The summed E-state index contributed by atoms with van der Waals surface area (Å²) in [5.41, 5.74) is 8.04. The third-order valence-corrected chi connectivity index (χ3v) is 10.3. The SMILES string of the molecule is C=C(N)CCC(C)C1CCC2C3CCC4CCCCC4(C)C3CCC12C. The number of allylic oxidation sites excluding steroid dienone is 1. The van der Waals surface area contributed by atoms with Crippen molar-refractivity contribution < 1.29 is 0 Å². The lowest BCUT2D eigenvalue weighted by atomic mass is 9.44. The Kier molecular flexibility index (Phi) is 4.98. The van der Waals surface area contributed by atoms with Crippen molar-refractivity contribution in [2.45, 2.75) is 97.8 Å². The van der Waals surface area contributed by atoms with Gasteiger partial charge in [0.1, 0.15) is 0 Å². The Hall–Kier alpha value is -0.460. The van der Waals surface area contributed by atoms with E-state index in [2.05, 4.69) is 27.4 Å². The van der Waals surface area contributed by atoms with E-state index in [0.29, 0.717) is 10.8 Å². The lowest BCUT2D eigenvalue weighted by Crippen LogP contribution is -2.53. The number of hydrogen-bond acceptors (Lipinski definition) is 1. The van der Waals surface area contributed by atoms with E-state index in [0.717, 1.165) is 47.6 Å². The molecule has 4 saturated carbocycles. The van der Waals surface area contributed by atoms with Crippen molar-refractivity contribution in [2.24, 2.45) is 52.1 Å². The molecule has 0 heterocycles. The number of hydrogen-bond donors (Lipinski definition) is 1. The highest BCUT2D eigenvalue weighted by atomic mass is 14.6. The van der Waals surface area contributed by atoms with E-state index in [4.69, 9.17) is 5.73 Å². The van der Waals surface area contributed by atoms with Crippen LogP contribution in [0.25, 0.3) is 0 Å². The average molecular weight is 358 g/mol. The van der Waals surface area contributed by atoms with Gasteiger partial charge in [-0.2, -0.15) is 0 Å². The quantitative estimate of drug-likeness (QED) is 0.580. The molecule has 4 aliphatic carbocycles. The molecule has 0 spiro atoms. The van der Waals surface area contributed by atoms with Gasteiger partial charge in [-0.15, -0.1) is 0 Å². The topological polar surface area (TPSA) is 26.0 Å². The first-order valence-corrected chi connectivity index (χ1v) is 11.8. The molecular formula is C25H43N. The molecule has 1 nitrogen and oxygen atoms in total. The van der Waals surface area contributed by atoms with E-state index < -0.39 is 0 Å². The summed E-state index contributed by atoms with van der Waals surface area (Å²) in [6.45, 7) is 11.8. The number of nitrogens with two attached hydrogens (primary N) is 1. The molecule has 8 atom stereocenters. The standard InChI is InChI=1S/C25H43N/c1-17(8-9-18(2)26)21-12-13-22-20-11-10-19-7-5-6-15-24(19,3)23(20)14-16-25(21,22)4/h17,19-23H,2,5-16,26H2,1,3-4H3. The molecular weight excluding hydrogens is 314 g/mol. The summed E-state index contributed by atoms with van der Waals surface area (Å²) in [6, 6.07) is 0. The maximum Gasteiger partial charge on any atom is 0.000754 e. The van der Waals surface area contributed by atoms with Gasteiger partial charge >= 0.3 is 0 Å². The van der Waals surface area contributed by atoms with E-state index in [-0.39, 0.29) is 0 Å². The van der Waals surface area contributed by atoms with Gasteiger partial charge in [0.15, 0.2) is 0 Å². The van der Waals surface area contributed by atoms with Crippen LogP contribution in [0.3, 0.4) is 0 Å². The van der Waals surface area contributed by atoms with Crippen LogP contribution < -0.4 is 5.73 Å². The fraction of sp³-hybridized carbons (Fsp3) is 0.920. The Morgan fingerprint density at radius 3 is 2.50 bits per heavy atom. The van der Waals surface area contributed by atoms with E-state index >= 15 is 0 Å². The Labute approximate surface area is 162 Å². The summed E-state index contributed by atoms with van der Waals surface area (Å²) in [4.78, 5) is 0. The van der Waals surface area contributed by atoms with Crippen LogP contribution in [0, 0.1) is 46.3 Å². The summed E-state index contributed by atoms with van der Waals surface area (Å²) in [5.74, 6) is 5.86. The summed E-state index contributed by atoms with van der Waals surface area (Å²) in [6.07, 6.45) is 17.4. The highest BCUT2D eigenvalue weighted by Gasteiger charge is 2.59. The Bertz CT molecular complexity index is 538. The average Bonchev–Trinajstić information content (AvgIpc) is 2.96.